The number of ether oxygens (including phenoxy) is 1. The number of nitrogens with zero attached hydrogens (tertiary/aromatic N) is 1. The van der Waals surface area contributed by atoms with Gasteiger partial charge in [0, 0.05) is 24.7 Å². The van der Waals surface area contributed by atoms with E-state index in [1.165, 1.54) is 0 Å². The molecule has 1 aromatic carbocycles. The number of halogens is 1. The molecule has 1 fully saturated rings. The zero-order valence-electron chi connectivity index (χ0n) is 12.6. The number of likely N-dealkylation sites (tertiary alicyclic amines) is 1. The van der Waals surface area contributed by atoms with Crippen LogP contribution in [0.15, 0.2) is 12.1 Å². The number of aliphatic hydroxyl groups is 1. The summed E-state index contributed by atoms with van der Waals surface area (Å²) in [4.78, 5) is 16.6. The van der Waals surface area contributed by atoms with E-state index in [-0.39, 0.29) is 5.97 Å². The van der Waals surface area contributed by atoms with Crippen molar-refractivity contribution >= 4 is 17.7 Å². The zero-order valence-corrected chi connectivity index (χ0v) is 13.4. The molecule has 1 unspecified atom stereocenters. The third kappa shape index (κ3) is 2.86. The lowest BCUT2D eigenvalue weighted by Gasteiger charge is -2.27. The van der Waals surface area contributed by atoms with E-state index < -0.39 is 6.10 Å². The maximum absolute atomic E-state index is 11.6. The minimum atomic E-state index is -0.572. The molecular weight excluding hydrogens is 304 g/mol. The summed E-state index contributed by atoms with van der Waals surface area (Å²) in [6, 6.07) is 3.97. The molecule has 0 spiro atoms. The molecule has 1 saturated heterocycles. The number of carbonyl (C=O) groups excluding carboxylic acids is 1. The van der Waals surface area contributed by atoms with Gasteiger partial charge in [-0.25, -0.2) is 9.63 Å². The van der Waals surface area contributed by atoms with Crippen molar-refractivity contribution in [2.45, 2.75) is 38.5 Å². The molecule has 0 aromatic heterocycles. The Labute approximate surface area is 135 Å². The lowest BCUT2D eigenvalue weighted by molar-refractivity contribution is 0.0535. The van der Waals surface area contributed by atoms with Crippen molar-refractivity contribution in [2.24, 2.45) is 0 Å². The molecule has 22 heavy (non-hydrogen) atoms. The van der Waals surface area contributed by atoms with Crippen molar-refractivity contribution in [2.75, 3.05) is 19.6 Å². The van der Waals surface area contributed by atoms with E-state index in [2.05, 4.69) is 9.74 Å². The number of β-amino-alcohol motifs (C(OH)–C–C–N with tert-alkyl or cyclic N) is 1. The summed E-state index contributed by atoms with van der Waals surface area (Å²) in [5.41, 5.74) is 3.37. The van der Waals surface area contributed by atoms with Gasteiger partial charge in [-0.1, -0.05) is 6.07 Å². The van der Waals surface area contributed by atoms with Gasteiger partial charge in [-0.3, -0.25) is 4.90 Å². The normalized spacial score (nSPS) is 22.7. The molecule has 120 valence electrons. The van der Waals surface area contributed by atoms with Gasteiger partial charge in [0.25, 0.3) is 0 Å². The van der Waals surface area contributed by atoms with Crippen molar-refractivity contribution in [3.05, 3.63) is 34.4 Å². The molecule has 5 nitrogen and oxygen atoms in total. The third-order valence-electron chi connectivity index (χ3n) is 4.79. The van der Waals surface area contributed by atoms with Crippen LogP contribution in [0.2, 0.25) is 0 Å². The molecule has 2 heterocycles. The topological polar surface area (TPSA) is 61.8 Å². The Balaban J connectivity index is 1.75. The number of nitrogens with one attached hydrogen (secondary N) is 1. The predicted molar refractivity (Wildman–Crippen MR) is 83.7 cm³/mol. The highest BCUT2D eigenvalue weighted by molar-refractivity contribution is 6.13. The number of rotatable bonds is 5. The van der Waals surface area contributed by atoms with Crippen LogP contribution in [0.25, 0.3) is 0 Å². The van der Waals surface area contributed by atoms with E-state index >= 15 is 0 Å². The molecule has 2 atom stereocenters. The summed E-state index contributed by atoms with van der Waals surface area (Å²) in [5, 5.41) is 10.6. The summed E-state index contributed by atoms with van der Waals surface area (Å²) >= 11 is 5.62. The van der Waals surface area contributed by atoms with Gasteiger partial charge < -0.3 is 9.84 Å². The number of hydrogen-bond donors (Lipinski definition) is 2. The van der Waals surface area contributed by atoms with Crippen LogP contribution in [0.5, 0.6) is 0 Å². The molecule has 0 amide bonds. The number of hydrogen-bond acceptors (Lipinski definition) is 5. The first kappa shape index (κ1) is 15.7. The molecule has 0 aliphatic carbocycles. The number of aliphatic hydroxyl groups excluding tert-OH is 1. The Morgan fingerprint density at radius 2 is 2.36 bits per heavy atom. The molecule has 1 aromatic rings. The van der Waals surface area contributed by atoms with E-state index in [1.807, 2.05) is 13.0 Å². The maximum atomic E-state index is 11.6. The fourth-order valence-corrected chi connectivity index (χ4v) is 3.68. The monoisotopic (exact) mass is 324 g/mol. The van der Waals surface area contributed by atoms with Gasteiger partial charge in [0.15, 0.2) is 0 Å². The van der Waals surface area contributed by atoms with Crippen molar-refractivity contribution in [1.82, 2.24) is 9.74 Å². The lowest BCUT2D eigenvalue weighted by Crippen LogP contribution is -2.38. The Bertz CT molecular complexity index is 579. The van der Waals surface area contributed by atoms with Gasteiger partial charge >= 0.3 is 5.97 Å². The molecule has 2 aliphatic rings. The average molecular weight is 325 g/mol. The van der Waals surface area contributed by atoms with Crippen LogP contribution in [0.3, 0.4) is 0 Å². The molecular formula is C16H21ClN2O3. The van der Waals surface area contributed by atoms with E-state index in [1.54, 1.807) is 6.07 Å². The SMILES string of the molecule is Cc1c([C@@H](O)CN2CCCC2CNCl)ccc2c1COC2=O. The van der Waals surface area contributed by atoms with E-state index in [0.29, 0.717) is 24.8 Å². The van der Waals surface area contributed by atoms with E-state index in [4.69, 9.17) is 16.5 Å². The lowest BCUT2D eigenvalue weighted by atomic mass is 9.95. The molecule has 0 radical (unpaired) electrons. The second kappa shape index (κ2) is 6.54. The number of carbonyl (C=O) groups is 1. The van der Waals surface area contributed by atoms with E-state index in [9.17, 15) is 9.90 Å². The smallest absolute Gasteiger partial charge is 0.338 e. The first-order valence-corrected chi connectivity index (χ1v) is 8.04. The van der Waals surface area contributed by atoms with Crippen LogP contribution < -0.4 is 4.84 Å². The van der Waals surface area contributed by atoms with Gasteiger partial charge in [-0.15, -0.1) is 0 Å². The summed E-state index contributed by atoms with van der Waals surface area (Å²) in [5.74, 6) is -0.271. The van der Waals surface area contributed by atoms with Crippen molar-refractivity contribution < 1.29 is 14.6 Å². The zero-order chi connectivity index (χ0) is 15.7. The van der Waals surface area contributed by atoms with Crippen LogP contribution in [0, 0.1) is 6.92 Å². The standard InChI is InChI=1S/C16H21ClN2O3/c1-10-12(4-5-13-14(10)9-22-16(13)21)15(20)8-19-6-2-3-11(19)7-18-17/h4-5,11,15,18,20H,2-3,6-9H2,1H3/t11?,15-/m0/s1. The highest BCUT2D eigenvalue weighted by atomic mass is 35.5. The second-order valence-electron chi connectivity index (χ2n) is 6.03. The quantitative estimate of drug-likeness (QED) is 0.640. The number of fused-ring (bicyclic) bond motifs is 1. The molecule has 6 heteroatoms. The Morgan fingerprint density at radius 3 is 3.14 bits per heavy atom. The Hall–Kier alpha value is -1.14. The number of cyclic esters (lactones) is 1. The van der Waals surface area contributed by atoms with Crippen LogP contribution in [-0.4, -0.2) is 41.7 Å². The van der Waals surface area contributed by atoms with Crippen LogP contribution >= 0.6 is 11.8 Å². The molecule has 0 bridgehead atoms. The first-order chi connectivity index (χ1) is 10.6. The third-order valence-corrected chi connectivity index (χ3v) is 4.94. The van der Waals surface area contributed by atoms with Gasteiger partial charge in [0.2, 0.25) is 0 Å². The molecule has 3 rings (SSSR count). The largest absolute Gasteiger partial charge is 0.457 e. The first-order valence-electron chi connectivity index (χ1n) is 7.67. The summed E-state index contributed by atoms with van der Waals surface area (Å²) in [7, 11) is 0. The van der Waals surface area contributed by atoms with Gasteiger partial charge in [0.1, 0.15) is 6.61 Å². The molecule has 0 saturated carbocycles. The van der Waals surface area contributed by atoms with E-state index in [0.717, 1.165) is 42.6 Å². The average Bonchev–Trinajstić information content (AvgIpc) is 3.08. The highest BCUT2D eigenvalue weighted by Gasteiger charge is 2.29. The Kier molecular flexibility index (Phi) is 4.68. The van der Waals surface area contributed by atoms with Gasteiger partial charge in [-0.05, 0) is 55.3 Å². The van der Waals surface area contributed by atoms with Crippen LogP contribution in [-0.2, 0) is 11.3 Å². The summed E-state index contributed by atoms with van der Waals surface area (Å²) in [6.45, 7) is 4.54. The molecule has 2 N–H and O–H groups in total. The van der Waals surface area contributed by atoms with Crippen molar-refractivity contribution in [1.29, 1.82) is 0 Å². The summed E-state index contributed by atoms with van der Waals surface area (Å²) < 4.78 is 5.07. The number of esters is 1. The minimum absolute atomic E-state index is 0.271. The van der Waals surface area contributed by atoms with Crippen LogP contribution in [0.1, 0.15) is 46.0 Å². The fraction of sp³-hybridized carbons (Fsp3) is 0.562. The highest BCUT2D eigenvalue weighted by Crippen LogP contribution is 2.30. The Morgan fingerprint density at radius 1 is 1.55 bits per heavy atom. The fourth-order valence-electron chi connectivity index (χ4n) is 3.50. The summed E-state index contributed by atoms with van der Waals surface area (Å²) in [6.07, 6.45) is 1.65. The minimum Gasteiger partial charge on any atom is -0.457 e. The van der Waals surface area contributed by atoms with Gasteiger partial charge in [0.05, 0.1) is 11.7 Å². The van der Waals surface area contributed by atoms with Crippen molar-refractivity contribution in [3.8, 4) is 0 Å². The van der Waals surface area contributed by atoms with Crippen LogP contribution in [0.4, 0.5) is 0 Å². The van der Waals surface area contributed by atoms with Gasteiger partial charge in [-0.2, -0.15) is 0 Å². The second-order valence-corrected chi connectivity index (χ2v) is 6.29. The predicted octanol–water partition coefficient (Wildman–Crippen LogP) is 1.91. The molecule has 2 aliphatic heterocycles. The maximum Gasteiger partial charge on any atom is 0.338 e. The van der Waals surface area contributed by atoms with Crippen molar-refractivity contribution in [3.63, 3.8) is 0 Å². The number of benzene rings is 1.